The first kappa shape index (κ1) is 22.3. The molecule has 0 spiro atoms. The minimum absolute atomic E-state index is 0.185. The Hall–Kier alpha value is -1.03. The molecule has 0 bridgehead atoms. The molecule has 3 nitrogen and oxygen atoms in total. The van der Waals surface area contributed by atoms with Crippen molar-refractivity contribution in [1.29, 1.82) is 0 Å². The minimum Gasteiger partial charge on any atom is -0.374 e. The fourth-order valence-corrected chi connectivity index (χ4v) is 7.13. The van der Waals surface area contributed by atoms with E-state index < -0.39 is 49.4 Å². The first-order valence-corrected chi connectivity index (χ1v) is 11.1. The summed E-state index contributed by atoms with van der Waals surface area (Å²) in [5.41, 5.74) is -1.02. The predicted molar refractivity (Wildman–Crippen MR) is 91.8 cm³/mol. The van der Waals surface area contributed by atoms with Gasteiger partial charge < -0.3 is 13.3 Å². The zero-order valence-corrected chi connectivity index (χ0v) is 16.7. The number of rotatable bonds is 8. The van der Waals surface area contributed by atoms with Gasteiger partial charge in [0.1, 0.15) is 0 Å². The summed E-state index contributed by atoms with van der Waals surface area (Å²) in [4.78, 5) is 0. The van der Waals surface area contributed by atoms with E-state index >= 15 is 0 Å². The van der Waals surface area contributed by atoms with Crippen LogP contribution in [0.3, 0.4) is 0 Å². The number of benzene rings is 1. The standard InChI is InChI=1S/C18H25F5O3Si/c1-4-24-27(25-5-2,26-6-3)12-9-7-8-11(10-12)13-14(19)16(21)18(23)17(22)15(13)20/h11-12H,4-10H2,1-3H3. The maximum atomic E-state index is 14.3. The lowest BCUT2D eigenvalue weighted by Gasteiger charge is -2.39. The van der Waals surface area contributed by atoms with E-state index in [2.05, 4.69) is 0 Å². The van der Waals surface area contributed by atoms with Crippen LogP contribution in [0.1, 0.15) is 57.9 Å². The largest absolute Gasteiger partial charge is 0.504 e. The zero-order valence-electron chi connectivity index (χ0n) is 15.7. The van der Waals surface area contributed by atoms with Crippen LogP contribution >= 0.6 is 0 Å². The molecule has 0 N–H and O–H groups in total. The van der Waals surface area contributed by atoms with E-state index in [0.717, 1.165) is 0 Å². The molecule has 2 atom stereocenters. The molecule has 1 aromatic carbocycles. The Kier molecular flexibility index (Phi) is 7.79. The maximum Gasteiger partial charge on any atom is 0.504 e. The van der Waals surface area contributed by atoms with Gasteiger partial charge in [0.05, 0.1) is 0 Å². The molecule has 154 valence electrons. The number of hydrogen-bond donors (Lipinski definition) is 0. The molecule has 2 unspecified atom stereocenters. The van der Waals surface area contributed by atoms with E-state index in [9.17, 15) is 22.0 Å². The quantitative estimate of drug-likeness (QED) is 0.246. The molecular formula is C18H25F5O3Si. The highest BCUT2D eigenvalue weighted by Crippen LogP contribution is 2.47. The van der Waals surface area contributed by atoms with Crippen molar-refractivity contribution in [1.82, 2.24) is 0 Å². The van der Waals surface area contributed by atoms with Crippen LogP contribution in [0.15, 0.2) is 0 Å². The van der Waals surface area contributed by atoms with E-state index in [0.29, 0.717) is 39.1 Å². The first-order chi connectivity index (χ1) is 12.8. The van der Waals surface area contributed by atoms with Crippen LogP contribution in [-0.2, 0) is 13.3 Å². The van der Waals surface area contributed by atoms with E-state index in [4.69, 9.17) is 13.3 Å². The highest BCUT2D eigenvalue weighted by Gasteiger charge is 2.51. The van der Waals surface area contributed by atoms with Gasteiger partial charge in [0, 0.05) is 30.9 Å². The van der Waals surface area contributed by atoms with Crippen molar-refractivity contribution < 1.29 is 35.2 Å². The van der Waals surface area contributed by atoms with E-state index in [1.54, 1.807) is 20.8 Å². The second-order valence-electron chi connectivity index (χ2n) is 6.45. The lowest BCUT2D eigenvalue weighted by atomic mass is 9.83. The van der Waals surface area contributed by atoms with Crippen molar-refractivity contribution in [3.8, 4) is 0 Å². The molecule has 1 aromatic rings. The summed E-state index contributed by atoms with van der Waals surface area (Å²) in [6, 6.07) is 0. The van der Waals surface area contributed by atoms with Gasteiger partial charge in [0.15, 0.2) is 23.3 Å². The molecule has 0 amide bonds. The average Bonchev–Trinajstić information content (AvgIpc) is 2.66. The van der Waals surface area contributed by atoms with Crippen molar-refractivity contribution >= 4 is 8.80 Å². The second kappa shape index (κ2) is 9.44. The van der Waals surface area contributed by atoms with Gasteiger partial charge in [-0.25, -0.2) is 22.0 Å². The lowest BCUT2D eigenvalue weighted by molar-refractivity contribution is 0.0547. The van der Waals surface area contributed by atoms with Crippen LogP contribution in [-0.4, -0.2) is 28.6 Å². The van der Waals surface area contributed by atoms with E-state index in [1.807, 2.05) is 0 Å². The van der Waals surface area contributed by atoms with Crippen molar-refractivity contribution in [2.45, 2.75) is 57.9 Å². The van der Waals surface area contributed by atoms with Crippen LogP contribution < -0.4 is 0 Å². The lowest BCUT2D eigenvalue weighted by Crippen LogP contribution is -2.51. The SMILES string of the molecule is CCO[Si](OCC)(OCC)C1CCCC(c2c(F)c(F)c(F)c(F)c2F)C1. The van der Waals surface area contributed by atoms with Gasteiger partial charge in [-0.15, -0.1) is 0 Å². The molecule has 0 saturated heterocycles. The van der Waals surface area contributed by atoms with Crippen LogP contribution in [0.5, 0.6) is 0 Å². The molecule has 1 saturated carbocycles. The second-order valence-corrected chi connectivity index (χ2v) is 9.34. The van der Waals surface area contributed by atoms with Gasteiger partial charge in [0.2, 0.25) is 5.82 Å². The summed E-state index contributed by atoms with van der Waals surface area (Å²) in [5.74, 6) is -10.3. The molecule has 0 heterocycles. The number of halogens is 5. The van der Waals surface area contributed by atoms with Crippen molar-refractivity contribution in [2.75, 3.05) is 19.8 Å². The van der Waals surface area contributed by atoms with Crippen LogP contribution in [0, 0.1) is 29.1 Å². The van der Waals surface area contributed by atoms with Crippen molar-refractivity contribution in [3.63, 3.8) is 0 Å². The van der Waals surface area contributed by atoms with Crippen LogP contribution in [0.4, 0.5) is 22.0 Å². The topological polar surface area (TPSA) is 27.7 Å². The molecule has 0 aliphatic heterocycles. The summed E-state index contributed by atoms with van der Waals surface area (Å²) in [6.07, 6.45) is 1.71. The Balaban J connectivity index is 2.40. The molecular weight excluding hydrogens is 387 g/mol. The molecule has 1 aliphatic rings. The van der Waals surface area contributed by atoms with Gasteiger partial charge in [-0.05, 0) is 46.0 Å². The third kappa shape index (κ3) is 4.36. The van der Waals surface area contributed by atoms with Gasteiger partial charge in [0.25, 0.3) is 0 Å². The summed E-state index contributed by atoms with van der Waals surface area (Å²) < 4.78 is 86.7. The zero-order chi connectivity index (χ0) is 20.2. The molecule has 2 rings (SSSR count). The fourth-order valence-electron chi connectivity index (χ4n) is 3.84. The van der Waals surface area contributed by atoms with Crippen molar-refractivity contribution in [3.05, 3.63) is 34.6 Å². The minimum atomic E-state index is -3.15. The molecule has 0 radical (unpaired) electrons. The predicted octanol–water partition coefficient (Wildman–Crippen LogP) is 5.46. The van der Waals surface area contributed by atoms with E-state index in [1.165, 1.54) is 0 Å². The highest BCUT2D eigenvalue weighted by atomic mass is 28.4. The summed E-state index contributed by atoms with van der Waals surface area (Å²) in [5, 5.41) is 0. The monoisotopic (exact) mass is 412 g/mol. The molecule has 27 heavy (non-hydrogen) atoms. The third-order valence-corrected chi connectivity index (χ3v) is 8.46. The van der Waals surface area contributed by atoms with E-state index in [-0.39, 0.29) is 12.0 Å². The normalized spacial score (nSPS) is 20.9. The Morgan fingerprint density at radius 2 is 1.19 bits per heavy atom. The Bertz CT molecular complexity index is 612. The molecule has 9 heteroatoms. The fraction of sp³-hybridized carbons (Fsp3) is 0.667. The Morgan fingerprint density at radius 1 is 0.741 bits per heavy atom. The summed E-state index contributed by atoms with van der Waals surface area (Å²) >= 11 is 0. The smallest absolute Gasteiger partial charge is 0.374 e. The first-order valence-electron chi connectivity index (χ1n) is 9.25. The molecule has 0 aromatic heterocycles. The highest BCUT2D eigenvalue weighted by molar-refractivity contribution is 6.62. The van der Waals surface area contributed by atoms with Crippen molar-refractivity contribution in [2.24, 2.45) is 0 Å². The average molecular weight is 412 g/mol. The molecule has 1 fully saturated rings. The van der Waals surface area contributed by atoms with Gasteiger partial charge in [-0.2, -0.15) is 0 Å². The number of hydrogen-bond acceptors (Lipinski definition) is 3. The summed E-state index contributed by atoms with van der Waals surface area (Å²) in [6.45, 7) is 6.42. The Labute approximate surface area is 157 Å². The van der Waals surface area contributed by atoms with Crippen LogP contribution in [0.2, 0.25) is 5.54 Å². The summed E-state index contributed by atoms with van der Waals surface area (Å²) in [7, 11) is -3.15. The molecule has 1 aliphatic carbocycles. The maximum absolute atomic E-state index is 14.3. The van der Waals surface area contributed by atoms with Gasteiger partial charge >= 0.3 is 8.80 Å². The van der Waals surface area contributed by atoms with Crippen LogP contribution in [0.25, 0.3) is 0 Å². The van der Waals surface area contributed by atoms with Gasteiger partial charge in [-0.3, -0.25) is 0 Å². The third-order valence-electron chi connectivity index (χ3n) is 4.86. The Morgan fingerprint density at radius 3 is 1.63 bits per heavy atom. The van der Waals surface area contributed by atoms with Gasteiger partial charge in [-0.1, -0.05) is 6.42 Å².